The van der Waals surface area contributed by atoms with Crippen LogP contribution in [0.15, 0.2) is 35.6 Å². The van der Waals surface area contributed by atoms with Gasteiger partial charge in [-0.05, 0) is 32.4 Å². The quantitative estimate of drug-likeness (QED) is 0.577. The van der Waals surface area contributed by atoms with Crippen molar-refractivity contribution in [1.29, 1.82) is 0 Å². The van der Waals surface area contributed by atoms with Crippen LogP contribution in [0.3, 0.4) is 0 Å². The third kappa shape index (κ3) is 5.21. The molecule has 0 saturated carbocycles. The number of nitrogens with one attached hydrogen (secondary N) is 2. The van der Waals surface area contributed by atoms with E-state index in [1.165, 1.54) is 11.3 Å². The first-order chi connectivity index (χ1) is 13.2. The molecule has 2 heterocycles. The SMILES string of the molecule is CCNC(=NCCn1cnnc1CC)NC1CCN(c2ccc(C)cc2)C1. The van der Waals surface area contributed by atoms with Crippen LogP contribution in [0.4, 0.5) is 5.69 Å². The summed E-state index contributed by atoms with van der Waals surface area (Å²) in [6.07, 6.45) is 3.79. The number of guanidine groups is 1. The van der Waals surface area contributed by atoms with Gasteiger partial charge in [-0.1, -0.05) is 24.6 Å². The molecule has 0 spiro atoms. The highest BCUT2D eigenvalue weighted by Gasteiger charge is 2.23. The molecule has 0 aliphatic carbocycles. The van der Waals surface area contributed by atoms with E-state index in [0.29, 0.717) is 12.6 Å². The van der Waals surface area contributed by atoms with Gasteiger partial charge in [0.2, 0.25) is 0 Å². The zero-order chi connectivity index (χ0) is 19.1. The molecule has 1 unspecified atom stereocenters. The predicted molar refractivity (Wildman–Crippen MR) is 110 cm³/mol. The lowest BCUT2D eigenvalue weighted by Gasteiger charge is -2.20. The van der Waals surface area contributed by atoms with Gasteiger partial charge in [-0.15, -0.1) is 10.2 Å². The number of aliphatic imine (C=N–C) groups is 1. The largest absolute Gasteiger partial charge is 0.369 e. The first-order valence-corrected chi connectivity index (χ1v) is 9.92. The summed E-state index contributed by atoms with van der Waals surface area (Å²) in [4.78, 5) is 7.17. The Kier molecular flexibility index (Phi) is 6.68. The van der Waals surface area contributed by atoms with Gasteiger partial charge in [0.05, 0.1) is 6.54 Å². The van der Waals surface area contributed by atoms with E-state index in [9.17, 15) is 0 Å². The van der Waals surface area contributed by atoms with Gasteiger partial charge >= 0.3 is 0 Å². The summed E-state index contributed by atoms with van der Waals surface area (Å²) in [5.74, 6) is 1.90. The molecule has 2 N–H and O–H groups in total. The van der Waals surface area contributed by atoms with Gasteiger partial charge in [-0.25, -0.2) is 0 Å². The molecular formula is C20H31N7. The zero-order valence-corrected chi connectivity index (χ0v) is 16.6. The minimum atomic E-state index is 0.408. The second-order valence-corrected chi connectivity index (χ2v) is 6.97. The molecule has 0 bridgehead atoms. The van der Waals surface area contributed by atoms with Gasteiger partial charge in [0.1, 0.15) is 12.2 Å². The molecule has 1 atom stereocenters. The van der Waals surface area contributed by atoms with Crippen molar-refractivity contribution >= 4 is 11.6 Å². The zero-order valence-electron chi connectivity index (χ0n) is 16.6. The average Bonchev–Trinajstić information content (AvgIpc) is 3.32. The Morgan fingerprint density at radius 1 is 1.26 bits per heavy atom. The van der Waals surface area contributed by atoms with Crippen LogP contribution in [-0.2, 0) is 13.0 Å². The average molecular weight is 370 g/mol. The maximum Gasteiger partial charge on any atom is 0.191 e. The minimum absolute atomic E-state index is 0.408. The third-order valence-corrected chi connectivity index (χ3v) is 4.90. The highest BCUT2D eigenvalue weighted by atomic mass is 15.3. The van der Waals surface area contributed by atoms with E-state index < -0.39 is 0 Å². The molecule has 2 aromatic rings. The molecule has 1 aromatic carbocycles. The monoisotopic (exact) mass is 369 g/mol. The number of hydrogen-bond acceptors (Lipinski definition) is 4. The number of aromatic nitrogens is 3. The van der Waals surface area contributed by atoms with E-state index in [2.05, 4.69) is 75.3 Å². The van der Waals surface area contributed by atoms with Crippen molar-refractivity contribution in [2.45, 2.75) is 46.2 Å². The van der Waals surface area contributed by atoms with Gasteiger partial charge in [0.15, 0.2) is 5.96 Å². The third-order valence-electron chi connectivity index (χ3n) is 4.90. The Bertz CT molecular complexity index is 735. The Labute approximate surface area is 161 Å². The first kappa shape index (κ1) is 19.2. The summed E-state index contributed by atoms with van der Waals surface area (Å²) in [5.41, 5.74) is 2.60. The molecule has 7 heteroatoms. The fourth-order valence-corrected chi connectivity index (χ4v) is 3.39. The van der Waals surface area contributed by atoms with Crippen LogP contribution >= 0.6 is 0 Å². The topological polar surface area (TPSA) is 70.4 Å². The maximum atomic E-state index is 4.74. The summed E-state index contributed by atoms with van der Waals surface area (Å²) in [5, 5.41) is 15.1. The van der Waals surface area contributed by atoms with E-state index in [1.807, 2.05) is 0 Å². The van der Waals surface area contributed by atoms with Gasteiger partial charge < -0.3 is 20.1 Å². The van der Waals surface area contributed by atoms with Gasteiger partial charge in [-0.3, -0.25) is 4.99 Å². The number of aryl methyl sites for hydroxylation is 2. The molecule has 1 aromatic heterocycles. The molecular weight excluding hydrogens is 338 g/mol. The van der Waals surface area contributed by atoms with Gasteiger partial charge in [-0.2, -0.15) is 0 Å². The van der Waals surface area contributed by atoms with Crippen molar-refractivity contribution in [2.24, 2.45) is 4.99 Å². The molecule has 1 fully saturated rings. The molecule has 1 aliphatic rings. The Morgan fingerprint density at radius 3 is 2.81 bits per heavy atom. The smallest absolute Gasteiger partial charge is 0.191 e. The van der Waals surface area contributed by atoms with Crippen molar-refractivity contribution in [2.75, 3.05) is 31.1 Å². The van der Waals surface area contributed by atoms with E-state index >= 15 is 0 Å². The highest BCUT2D eigenvalue weighted by Crippen LogP contribution is 2.20. The van der Waals surface area contributed by atoms with Crippen LogP contribution in [-0.4, -0.2) is 52.9 Å². The molecule has 3 rings (SSSR count). The number of benzene rings is 1. The summed E-state index contributed by atoms with van der Waals surface area (Å²) in [7, 11) is 0. The molecule has 0 radical (unpaired) electrons. The van der Waals surface area contributed by atoms with Crippen LogP contribution in [0.25, 0.3) is 0 Å². The Morgan fingerprint density at radius 2 is 2.07 bits per heavy atom. The Balaban J connectivity index is 1.53. The van der Waals surface area contributed by atoms with Crippen LogP contribution in [0, 0.1) is 6.92 Å². The second-order valence-electron chi connectivity index (χ2n) is 6.97. The summed E-state index contributed by atoms with van der Waals surface area (Å²) in [6.45, 7) is 10.7. The van der Waals surface area contributed by atoms with Crippen molar-refractivity contribution in [3.05, 3.63) is 42.0 Å². The molecule has 27 heavy (non-hydrogen) atoms. The fraction of sp³-hybridized carbons (Fsp3) is 0.550. The van der Waals surface area contributed by atoms with E-state index in [1.54, 1.807) is 6.33 Å². The van der Waals surface area contributed by atoms with Crippen molar-refractivity contribution in [1.82, 2.24) is 25.4 Å². The number of anilines is 1. The standard InChI is InChI=1S/C20H31N7/c1-4-19-25-23-15-27(19)13-11-22-20(21-5-2)24-17-10-12-26(14-17)18-8-6-16(3)7-9-18/h6-9,15,17H,4-5,10-14H2,1-3H3,(H2,21,22,24). The van der Waals surface area contributed by atoms with Gasteiger partial charge in [0.25, 0.3) is 0 Å². The number of hydrogen-bond donors (Lipinski definition) is 2. The molecule has 1 saturated heterocycles. The van der Waals surface area contributed by atoms with Crippen molar-refractivity contribution < 1.29 is 0 Å². The van der Waals surface area contributed by atoms with Gasteiger partial charge in [0, 0.05) is 44.3 Å². The Hall–Kier alpha value is -2.57. The minimum Gasteiger partial charge on any atom is -0.369 e. The van der Waals surface area contributed by atoms with Crippen molar-refractivity contribution in [3.63, 3.8) is 0 Å². The van der Waals surface area contributed by atoms with E-state index in [4.69, 9.17) is 4.99 Å². The number of nitrogens with zero attached hydrogens (tertiary/aromatic N) is 5. The maximum absolute atomic E-state index is 4.74. The first-order valence-electron chi connectivity index (χ1n) is 9.92. The molecule has 1 aliphatic heterocycles. The van der Waals surface area contributed by atoms with Crippen molar-refractivity contribution in [3.8, 4) is 0 Å². The number of rotatable bonds is 7. The van der Waals surface area contributed by atoms with Crippen LogP contribution in [0.1, 0.15) is 31.7 Å². The van der Waals surface area contributed by atoms with Crippen LogP contribution in [0.2, 0.25) is 0 Å². The fourth-order valence-electron chi connectivity index (χ4n) is 3.39. The molecule has 0 amide bonds. The highest BCUT2D eigenvalue weighted by molar-refractivity contribution is 5.80. The molecule has 7 nitrogen and oxygen atoms in total. The predicted octanol–water partition coefficient (Wildman–Crippen LogP) is 1.98. The second kappa shape index (κ2) is 9.39. The lowest BCUT2D eigenvalue weighted by molar-refractivity contribution is 0.634. The summed E-state index contributed by atoms with van der Waals surface area (Å²) >= 11 is 0. The summed E-state index contributed by atoms with van der Waals surface area (Å²) in [6, 6.07) is 9.18. The van der Waals surface area contributed by atoms with Crippen LogP contribution < -0.4 is 15.5 Å². The summed E-state index contributed by atoms with van der Waals surface area (Å²) < 4.78 is 2.07. The normalized spacial score (nSPS) is 17.4. The molecule has 146 valence electrons. The lowest BCUT2D eigenvalue weighted by atomic mass is 10.2. The van der Waals surface area contributed by atoms with E-state index in [-0.39, 0.29) is 0 Å². The van der Waals surface area contributed by atoms with Crippen LogP contribution in [0.5, 0.6) is 0 Å². The van der Waals surface area contributed by atoms with E-state index in [0.717, 1.165) is 50.8 Å². The lowest BCUT2D eigenvalue weighted by Crippen LogP contribution is -2.44.